The Hall–Kier alpha value is -2.40. The summed E-state index contributed by atoms with van der Waals surface area (Å²) in [5, 5.41) is 8.44. The van der Waals surface area contributed by atoms with Crippen LogP contribution in [0, 0.1) is 0 Å². The Morgan fingerprint density at radius 3 is 2.63 bits per heavy atom. The first-order chi connectivity index (χ1) is 9.29. The second-order valence-electron chi connectivity index (χ2n) is 3.81. The van der Waals surface area contributed by atoms with Crippen LogP contribution in [0.1, 0.15) is 10.5 Å². The van der Waals surface area contributed by atoms with E-state index in [2.05, 4.69) is 10.3 Å². The van der Waals surface area contributed by atoms with Crippen LogP contribution < -0.4 is 0 Å². The van der Waals surface area contributed by atoms with Crippen molar-refractivity contribution in [3.63, 3.8) is 0 Å². The van der Waals surface area contributed by atoms with Gasteiger partial charge in [-0.15, -0.1) is 5.10 Å². The van der Waals surface area contributed by atoms with Crippen LogP contribution in [0.15, 0.2) is 47.1 Å². The van der Waals surface area contributed by atoms with E-state index in [1.165, 1.54) is 6.26 Å². The SMILES string of the molecule is O=Cc1nnn(-c2ccc(Cl)cc2)c1-c1ccco1. The second-order valence-corrected chi connectivity index (χ2v) is 4.24. The summed E-state index contributed by atoms with van der Waals surface area (Å²) in [6.07, 6.45) is 2.18. The van der Waals surface area contributed by atoms with Gasteiger partial charge in [0.25, 0.3) is 0 Å². The highest BCUT2D eigenvalue weighted by Gasteiger charge is 2.17. The van der Waals surface area contributed by atoms with E-state index >= 15 is 0 Å². The molecule has 6 heteroatoms. The molecule has 2 aromatic heterocycles. The van der Waals surface area contributed by atoms with Crippen molar-refractivity contribution in [2.24, 2.45) is 0 Å². The molecular formula is C13H8ClN3O2. The number of carbonyl (C=O) groups excluding carboxylic acids is 1. The second kappa shape index (κ2) is 4.70. The normalized spacial score (nSPS) is 10.6. The monoisotopic (exact) mass is 273 g/mol. The molecule has 0 unspecified atom stereocenters. The highest BCUT2D eigenvalue weighted by molar-refractivity contribution is 6.30. The van der Waals surface area contributed by atoms with Gasteiger partial charge in [-0.1, -0.05) is 16.8 Å². The average Bonchev–Trinajstić information content (AvgIpc) is 3.07. The van der Waals surface area contributed by atoms with Crippen molar-refractivity contribution >= 4 is 17.9 Å². The van der Waals surface area contributed by atoms with Crippen LogP contribution in [0.4, 0.5) is 0 Å². The van der Waals surface area contributed by atoms with Crippen molar-refractivity contribution in [1.29, 1.82) is 0 Å². The molecule has 0 saturated heterocycles. The van der Waals surface area contributed by atoms with E-state index in [1.807, 2.05) is 0 Å². The summed E-state index contributed by atoms with van der Waals surface area (Å²) in [5.41, 5.74) is 1.49. The van der Waals surface area contributed by atoms with Crippen LogP contribution in [0.25, 0.3) is 17.1 Å². The number of aromatic nitrogens is 3. The summed E-state index contributed by atoms with van der Waals surface area (Å²) in [4.78, 5) is 11.0. The van der Waals surface area contributed by atoms with Gasteiger partial charge in [0.15, 0.2) is 17.7 Å². The fourth-order valence-corrected chi connectivity index (χ4v) is 1.91. The van der Waals surface area contributed by atoms with Gasteiger partial charge in [-0.05, 0) is 36.4 Å². The summed E-state index contributed by atoms with van der Waals surface area (Å²) >= 11 is 5.85. The van der Waals surface area contributed by atoms with Gasteiger partial charge >= 0.3 is 0 Å². The number of hydrogen-bond donors (Lipinski definition) is 0. The lowest BCUT2D eigenvalue weighted by atomic mass is 10.2. The van der Waals surface area contributed by atoms with Gasteiger partial charge in [-0.3, -0.25) is 4.79 Å². The zero-order valence-corrected chi connectivity index (χ0v) is 10.4. The van der Waals surface area contributed by atoms with Crippen molar-refractivity contribution in [2.45, 2.75) is 0 Å². The quantitative estimate of drug-likeness (QED) is 0.688. The van der Waals surface area contributed by atoms with Crippen LogP contribution in [0.5, 0.6) is 0 Å². The summed E-state index contributed by atoms with van der Waals surface area (Å²) in [6.45, 7) is 0. The summed E-state index contributed by atoms with van der Waals surface area (Å²) in [6, 6.07) is 10.5. The number of benzene rings is 1. The fourth-order valence-electron chi connectivity index (χ4n) is 1.78. The van der Waals surface area contributed by atoms with Crippen molar-refractivity contribution in [1.82, 2.24) is 15.0 Å². The molecule has 3 rings (SSSR count). The molecule has 0 aliphatic carbocycles. The Morgan fingerprint density at radius 2 is 2.00 bits per heavy atom. The van der Waals surface area contributed by atoms with E-state index in [9.17, 15) is 4.79 Å². The maximum atomic E-state index is 11.0. The Balaban J connectivity index is 2.19. The summed E-state index contributed by atoms with van der Waals surface area (Å²) in [5.74, 6) is 0.530. The lowest BCUT2D eigenvalue weighted by Crippen LogP contribution is -1.99. The molecule has 5 nitrogen and oxygen atoms in total. The van der Waals surface area contributed by atoms with Crippen LogP contribution in [-0.2, 0) is 0 Å². The minimum Gasteiger partial charge on any atom is -0.463 e. The van der Waals surface area contributed by atoms with Crippen LogP contribution >= 0.6 is 11.6 Å². The van der Waals surface area contributed by atoms with E-state index in [4.69, 9.17) is 16.0 Å². The van der Waals surface area contributed by atoms with Crippen LogP contribution in [0.2, 0.25) is 5.02 Å². The highest BCUT2D eigenvalue weighted by Crippen LogP contribution is 2.25. The fraction of sp³-hybridized carbons (Fsp3) is 0. The Labute approximate surface area is 113 Å². The molecule has 0 N–H and O–H groups in total. The average molecular weight is 274 g/mol. The van der Waals surface area contributed by atoms with Gasteiger partial charge in [0.1, 0.15) is 5.69 Å². The zero-order valence-electron chi connectivity index (χ0n) is 9.65. The zero-order chi connectivity index (χ0) is 13.2. The summed E-state index contributed by atoms with van der Waals surface area (Å²) in [7, 11) is 0. The number of hydrogen-bond acceptors (Lipinski definition) is 4. The maximum Gasteiger partial charge on any atom is 0.172 e. The third kappa shape index (κ3) is 2.04. The first-order valence-corrected chi connectivity index (χ1v) is 5.88. The number of halogens is 1. The van der Waals surface area contributed by atoms with Crippen molar-refractivity contribution in [3.05, 3.63) is 53.4 Å². The summed E-state index contributed by atoms with van der Waals surface area (Å²) < 4.78 is 6.86. The molecule has 0 amide bonds. The first-order valence-electron chi connectivity index (χ1n) is 5.50. The minimum absolute atomic E-state index is 0.227. The van der Waals surface area contributed by atoms with Crippen LogP contribution in [-0.4, -0.2) is 21.3 Å². The first kappa shape index (κ1) is 11.7. The van der Waals surface area contributed by atoms with E-state index in [0.717, 1.165) is 5.69 Å². The molecule has 0 aliphatic heterocycles. The number of rotatable bonds is 3. The maximum absolute atomic E-state index is 11.0. The Bertz CT molecular complexity index is 702. The van der Waals surface area contributed by atoms with Gasteiger partial charge in [-0.25, -0.2) is 4.68 Å². The number of furan rings is 1. The number of aldehydes is 1. The molecule has 0 saturated carbocycles. The molecule has 2 heterocycles. The number of carbonyl (C=O) groups is 1. The molecule has 94 valence electrons. The third-order valence-electron chi connectivity index (χ3n) is 2.63. The van der Waals surface area contributed by atoms with Gasteiger partial charge in [0, 0.05) is 5.02 Å². The van der Waals surface area contributed by atoms with Crippen molar-refractivity contribution < 1.29 is 9.21 Å². The molecule has 0 radical (unpaired) electrons. The topological polar surface area (TPSA) is 60.9 Å². The molecule has 1 aromatic carbocycles. The van der Waals surface area contributed by atoms with E-state index in [0.29, 0.717) is 22.8 Å². The Kier molecular flexibility index (Phi) is 2.89. The van der Waals surface area contributed by atoms with E-state index in [-0.39, 0.29) is 5.69 Å². The highest BCUT2D eigenvalue weighted by atomic mass is 35.5. The van der Waals surface area contributed by atoms with Gasteiger partial charge in [-0.2, -0.15) is 0 Å². The van der Waals surface area contributed by atoms with Gasteiger partial charge in [0.05, 0.1) is 12.0 Å². The number of nitrogens with zero attached hydrogens (tertiary/aromatic N) is 3. The van der Waals surface area contributed by atoms with E-state index < -0.39 is 0 Å². The van der Waals surface area contributed by atoms with Crippen molar-refractivity contribution in [3.8, 4) is 17.1 Å². The lowest BCUT2D eigenvalue weighted by molar-refractivity contribution is 0.111. The largest absolute Gasteiger partial charge is 0.463 e. The molecular weight excluding hydrogens is 266 g/mol. The molecule has 3 aromatic rings. The molecule has 0 aliphatic rings. The van der Waals surface area contributed by atoms with Gasteiger partial charge < -0.3 is 4.42 Å². The molecule has 0 bridgehead atoms. The van der Waals surface area contributed by atoms with Gasteiger partial charge in [0.2, 0.25) is 0 Å². The predicted molar refractivity (Wildman–Crippen MR) is 69.5 cm³/mol. The molecule has 19 heavy (non-hydrogen) atoms. The standard InChI is InChI=1S/C13H8ClN3O2/c14-9-3-5-10(6-4-9)17-13(11(8-18)15-16-17)12-2-1-7-19-12/h1-8H. The molecule has 0 atom stereocenters. The third-order valence-corrected chi connectivity index (χ3v) is 2.89. The minimum atomic E-state index is 0.227. The smallest absolute Gasteiger partial charge is 0.172 e. The van der Waals surface area contributed by atoms with Crippen LogP contribution in [0.3, 0.4) is 0 Å². The molecule has 0 fully saturated rings. The van der Waals surface area contributed by atoms with E-state index in [1.54, 1.807) is 41.1 Å². The van der Waals surface area contributed by atoms with Crippen molar-refractivity contribution in [2.75, 3.05) is 0 Å². The Morgan fingerprint density at radius 1 is 1.21 bits per heavy atom. The predicted octanol–water partition coefficient (Wildman–Crippen LogP) is 2.99. The molecule has 0 spiro atoms. The lowest BCUT2D eigenvalue weighted by Gasteiger charge is -2.04.